The SMILES string of the molecule is CN=C(NCc1ccccc1CN1CCOCC1)NCC1(Sc2ccccc2)CC1.I. The van der Waals surface area contributed by atoms with Crippen LogP contribution in [0.1, 0.15) is 24.0 Å². The highest BCUT2D eigenvalue weighted by Crippen LogP contribution is 2.51. The van der Waals surface area contributed by atoms with Crippen molar-refractivity contribution in [2.24, 2.45) is 4.99 Å². The smallest absolute Gasteiger partial charge is 0.191 e. The van der Waals surface area contributed by atoms with E-state index in [9.17, 15) is 0 Å². The third-order valence-corrected chi connectivity index (χ3v) is 7.24. The highest BCUT2D eigenvalue weighted by Gasteiger charge is 2.43. The van der Waals surface area contributed by atoms with Gasteiger partial charge in [0.2, 0.25) is 0 Å². The van der Waals surface area contributed by atoms with Crippen LogP contribution in [0.15, 0.2) is 64.5 Å². The van der Waals surface area contributed by atoms with Crippen molar-refractivity contribution in [3.8, 4) is 0 Å². The standard InChI is InChI=1S/C24H32N4OS.HI/c1-25-23(27-19-24(11-12-24)30-22-9-3-2-4-10-22)26-17-20-7-5-6-8-21(20)18-28-13-15-29-16-14-28;/h2-10H,11-19H2,1H3,(H2,25,26,27);1H. The number of ether oxygens (including phenoxy) is 1. The van der Waals surface area contributed by atoms with Crippen LogP contribution in [0, 0.1) is 0 Å². The summed E-state index contributed by atoms with van der Waals surface area (Å²) in [5, 5.41) is 7.07. The molecule has 0 aromatic heterocycles. The molecule has 2 fully saturated rings. The number of rotatable bonds is 8. The highest BCUT2D eigenvalue weighted by atomic mass is 127. The molecule has 1 saturated heterocycles. The van der Waals surface area contributed by atoms with Crippen molar-refractivity contribution in [1.82, 2.24) is 15.5 Å². The van der Waals surface area contributed by atoms with E-state index < -0.39 is 0 Å². The van der Waals surface area contributed by atoms with Crippen LogP contribution in [0.25, 0.3) is 0 Å². The monoisotopic (exact) mass is 552 g/mol. The Labute approximate surface area is 207 Å². The maximum Gasteiger partial charge on any atom is 0.191 e. The number of hydrogen-bond acceptors (Lipinski definition) is 4. The van der Waals surface area contributed by atoms with Gasteiger partial charge in [-0.3, -0.25) is 9.89 Å². The molecule has 2 aliphatic rings. The molecule has 7 heteroatoms. The van der Waals surface area contributed by atoms with Gasteiger partial charge in [-0.15, -0.1) is 35.7 Å². The highest BCUT2D eigenvalue weighted by molar-refractivity contribution is 14.0. The van der Waals surface area contributed by atoms with Gasteiger partial charge in [-0.05, 0) is 36.1 Å². The zero-order chi connectivity index (χ0) is 20.7. The Kier molecular flexibility index (Phi) is 9.49. The zero-order valence-electron chi connectivity index (χ0n) is 18.2. The minimum atomic E-state index is 0. The second-order valence-electron chi connectivity index (χ2n) is 8.03. The van der Waals surface area contributed by atoms with Gasteiger partial charge in [-0.2, -0.15) is 0 Å². The van der Waals surface area contributed by atoms with Crippen LogP contribution >= 0.6 is 35.7 Å². The van der Waals surface area contributed by atoms with E-state index in [2.05, 4.69) is 75.1 Å². The third-order valence-electron chi connectivity index (χ3n) is 5.75. The number of aliphatic imine (C=N–C) groups is 1. The van der Waals surface area contributed by atoms with Gasteiger partial charge in [0.1, 0.15) is 0 Å². The molecule has 2 aromatic rings. The number of thioether (sulfide) groups is 1. The van der Waals surface area contributed by atoms with E-state index in [0.29, 0.717) is 4.75 Å². The number of guanidine groups is 1. The van der Waals surface area contributed by atoms with E-state index in [-0.39, 0.29) is 24.0 Å². The van der Waals surface area contributed by atoms with Gasteiger partial charge in [0.05, 0.1) is 13.2 Å². The van der Waals surface area contributed by atoms with Crippen molar-refractivity contribution < 1.29 is 4.74 Å². The number of nitrogens with zero attached hydrogens (tertiary/aromatic N) is 2. The van der Waals surface area contributed by atoms with Crippen molar-refractivity contribution in [3.63, 3.8) is 0 Å². The predicted molar refractivity (Wildman–Crippen MR) is 140 cm³/mol. The summed E-state index contributed by atoms with van der Waals surface area (Å²) in [6, 6.07) is 19.4. The minimum Gasteiger partial charge on any atom is -0.379 e. The van der Waals surface area contributed by atoms with Gasteiger partial charge in [0, 0.05) is 49.4 Å². The topological polar surface area (TPSA) is 48.9 Å². The molecule has 1 heterocycles. The van der Waals surface area contributed by atoms with Gasteiger partial charge in [0.25, 0.3) is 0 Å². The Balaban J connectivity index is 0.00000272. The van der Waals surface area contributed by atoms with Crippen molar-refractivity contribution in [3.05, 3.63) is 65.7 Å². The van der Waals surface area contributed by atoms with Crippen molar-refractivity contribution >= 4 is 41.7 Å². The maximum absolute atomic E-state index is 5.48. The van der Waals surface area contributed by atoms with E-state index in [4.69, 9.17) is 4.74 Å². The average molecular weight is 553 g/mol. The summed E-state index contributed by atoms with van der Waals surface area (Å²) in [5.41, 5.74) is 2.70. The van der Waals surface area contributed by atoms with E-state index in [0.717, 1.165) is 51.9 Å². The molecule has 1 saturated carbocycles. The minimum absolute atomic E-state index is 0. The summed E-state index contributed by atoms with van der Waals surface area (Å²) in [7, 11) is 1.85. The van der Waals surface area contributed by atoms with Gasteiger partial charge in [0.15, 0.2) is 5.96 Å². The molecule has 2 aromatic carbocycles. The average Bonchev–Trinajstić information content (AvgIpc) is 3.55. The van der Waals surface area contributed by atoms with E-state index in [1.54, 1.807) is 0 Å². The Hall–Kier alpha value is -1.29. The molecular weight excluding hydrogens is 519 g/mol. The molecule has 168 valence electrons. The van der Waals surface area contributed by atoms with E-state index in [1.165, 1.54) is 28.9 Å². The van der Waals surface area contributed by atoms with Gasteiger partial charge < -0.3 is 15.4 Å². The molecule has 4 rings (SSSR count). The summed E-state index contributed by atoms with van der Waals surface area (Å²) in [6.07, 6.45) is 2.50. The van der Waals surface area contributed by atoms with E-state index >= 15 is 0 Å². The maximum atomic E-state index is 5.48. The number of morpholine rings is 1. The summed E-state index contributed by atoms with van der Waals surface area (Å²) in [6.45, 7) is 6.36. The Morgan fingerprint density at radius 2 is 1.68 bits per heavy atom. The fourth-order valence-electron chi connectivity index (χ4n) is 3.72. The van der Waals surface area contributed by atoms with Gasteiger partial charge in [-0.1, -0.05) is 42.5 Å². The van der Waals surface area contributed by atoms with Gasteiger partial charge >= 0.3 is 0 Å². The first-order chi connectivity index (χ1) is 14.8. The largest absolute Gasteiger partial charge is 0.379 e. The Bertz CT molecular complexity index is 838. The molecule has 1 aliphatic carbocycles. The molecule has 0 unspecified atom stereocenters. The Morgan fingerprint density at radius 3 is 2.35 bits per heavy atom. The lowest BCUT2D eigenvalue weighted by molar-refractivity contribution is 0.0341. The van der Waals surface area contributed by atoms with Crippen LogP contribution in [-0.2, 0) is 17.8 Å². The normalized spacial score (nSPS) is 18.2. The fourth-order valence-corrected chi connectivity index (χ4v) is 4.97. The molecule has 5 nitrogen and oxygen atoms in total. The lowest BCUT2D eigenvalue weighted by Gasteiger charge is -2.27. The van der Waals surface area contributed by atoms with Crippen LogP contribution < -0.4 is 10.6 Å². The summed E-state index contributed by atoms with van der Waals surface area (Å²) < 4.78 is 5.78. The number of halogens is 1. The molecule has 0 radical (unpaired) electrons. The molecule has 2 N–H and O–H groups in total. The van der Waals surface area contributed by atoms with Crippen LogP contribution in [0.5, 0.6) is 0 Å². The summed E-state index contributed by atoms with van der Waals surface area (Å²) in [5.74, 6) is 0.871. The zero-order valence-corrected chi connectivity index (χ0v) is 21.3. The van der Waals surface area contributed by atoms with Crippen LogP contribution in [0.3, 0.4) is 0 Å². The molecule has 0 spiro atoms. The molecule has 31 heavy (non-hydrogen) atoms. The fraction of sp³-hybridized carbons (Fsp3) is 0.458. The molecule has 0 amide bonds. The van der Waals surface area contributed by atoms with Crippen LogP contribution in [-0.4, -0.2) is 55.5 Å². The molecule has 0 bridgehead atoms. The van der Waals surface area contributed by atoms with E-state index in [1.807, 2.05) is 18.8 Å². The van der Waals surface area contributed by atoms with Crippen molar-refractivity contribution in [2.45, 2.75) is 35.6 Å². The van der Waals surface area contributed by atoms with Crippen molar-refractivity contribution in [2.75, 3.05) is 39.9 Å². The van der Waals surface area contributed by atoms with Crippen LogP contribution in [0.2, 0.25) is 0 Å². The molecular formula is C24H33IN4OS. The second-order valence-corrected chi connectivity index (χ2v) is 9.58. The first-order valence-corrected chi connectivity index (χ1v) is 11.6. The quantitative estimate of drug-likeness (QED) is 0.293. The molecule has 0 atom stereocenters. The molecule has 1 aliphatic heterocycles. The first kappa shape index (κ1) is 24.4. The Morgan fingerprint density at radius 1 is 1.00 bits per heavy atom. The van der Waals surface area contributed by atoms with Crippen LogP contribution in [0.4, 0.5) is 0 Å². The first-order valence-electron chi connectivity index (χ1n) is 10.8. The number of nitrogens with one attached hydrogen (secondary N) is 2. The number of hydrogen-bond donors (Lipinski definition) is 2. The predicted octanol–water partition coefficient (Wildman–Crippen LogP) is 4.13. The summed E-state index contributed by atoms with van der Waals surface area (Å²) in [4.78, 5) is 8.25. The van der Waals surface area contributed by atoms with Gasteiger partial charge in [-0.25, -0.2) is 0 Å². The third kappa shape index (κ3) is 7.37. The summed E-state index contributed by atoms with van der Waals surface area (Å²) >= 11 is 1.98. The lowest BCUT2D eigenvalue weighted by Crippen LogP contribution is -2.41. The lowest BCUT2D eigenvalue weighted by atomic mass is 10.1. The second kappa shape index (κ2) is 12.1. The number of benzene rings is 2. The van der Waals surface area contributed by atoms with Crippen molar-refractivity contribution in [1.29, 1.82) is 0 Å².